The minimum atomic E-state index is -0.0357. The van der Waals surface area contributed by atoms with Gasteiger partial charge in [-0.1, -0.05) is 58.0 Å². The maximum Gasteiger partial charge on any atom is 0.165 e. The van der Waals surface area contributed by atoms with Crippen molar-refractivity contribution in [3.63, 3.8) is 0 Å². The first-order chi connectivity index (χ1) is 11.5. The zero-order valence-electron chi connectivity index (χ0n) is 15.0. The molecule has 0 fully saturated rings. The fourth-order valence-corrected chi connectivity index (χ4v) is 2.47. The summed E-state index contributed by atoms with van der Waals surface area (Å²) < 4.78 is 5.87. The third kappa shape index (κ3) is 5.20. The smallest absolute Gasteiger partial charge is 0.165 e. The average molecular weight is 325 g/mol. The summed E-state index contributed by atoms with van der Waals surface area (Å²) in [4.78, 5) is 12.4. The van der Waals surface area contributed by atoms with Gasteiger partial charge in [0.1, 0.15) is 12.4 Å². The van der Waals surface area contributed by atoms with Crippen molar-refractivity contribution in [1.29, 1.82) is 0 Å². The van der Waals surface area contributed by atoms with Gasteiger partial charge in [-0.25, -0.2) is 0 Å². The van der Waals surface area contributed by atoms with Gasteiger partial charge in [0.25, 0.3) is 0 Å². The molecule has 24 heavy (non-hydrogen) atoms. The number of hydrogen-bond acceptors (Lipinski definition) is 3. The highest BCUT2D eigenvalue weighted by molar-refractivity contribution is 5.99. The predicted molar refractivity (Wildman–Crippen MR) is 99.7 cm³/mol. The monoisotopic (exact) mass is 325 g/mol. The molecule has 0 amide bonds. The highest BCUT2D eigenvalue weighted by atomic mass is 16.5. The summed E-state index contributed by atoms with van der Waals surface area (Å²) in [5.41, 5.74) is 2.80. The van der Waals surface area contributed by atoms with Crippen molar-refractivity contribution < 1.29 is 9.53 Å². The molecule has 0 aliphatic carbocycles. The van der Waals surface area contributed by atoms with Gasteiger partial charge in [-0.05, 0) is 29.3 Å². The van der Waals surface area contributed by atoms with E-state index >= 15 is 0 Å². The van der Waals surface area contributed by atoms with E-state index in [4.69, 9.17) is 4.74 Å². The summed E-state index contributed by atoms with van der Waals surface area (Å²) in [6.45, 7) is 9.41. The molecule has 3 heteroatoms. The van der Waals surface area contributed by atoms with Gasteiger partial charge in [0.15, 0.2) is 5.78 Å². The summed E-state index contributed by atoms with van der Waals surface area (Å²) in [6.07, 6.45) is 0. The van der Waals surface area contributed by atoms with Crippen LogP contribution in [0.3, 0.4) is 0 Å². The highest BCUT2D eigenvalue weighted by Gasteiger charge is 2.13. The van der Waals surface area contributed by atoms with E-state index in [1.165, 1.54) is 0 Å². The van der Waals surface area contributed by atoms with Gasteiger partial charge >= 0.3 is 0 Å². The number of nitrogens with one attached hydrogen (secondary N) is 1. The SMILES string of the molecule is CC(C)NCCOc1cc(C(=O)C(C)C)cc(-c2ccccc2)c1. The highest BCUT2D eigenvalue weighted by Crippen LogP contribution is 2.27. The Morgan fingerprint density at radius 1 is 1.00 bits per heavy atom. The van der Waals surface area contributed by atoms with Gasteiger partial charge in [0.2, 0.25) is 0 Å². The Morgan fingerprint density at radius 2 is 1.71 bits per heavy atom. The van der Waals surface area contributed by atoms with E-state index in [0.29, 0.717) is 18.2 Å². The van der Waals surface area contributed by atoms with Gasteiger partial charge in [0, 0.05) is 24.1 Å². The second-order valence-corrected chi connectivity index (χ2v) is 6.59. The number of carbonyl (C=O) groups is 1. The number of ketones is 1. The minimum absolute atomic E-state index is 0.0357. The maximum atomic E-state index is 12.4. The molecule has 0 unspecified atom stereocenters. The van der Waals surface area contributed by atoms with E-state index in [-0.39, 0.29) is 11.7 Å². The molecule has 0 heterocycles. The van der Waals surface area contributed by atoms with Crippen molar-refractivity contribution in [2.24, 2.45) is 5.92 Å². The summed E-state index contributed by atoms with van der Waals surface area (Å²) in [6, 6.07) is 16.3. The van der Waals surface area contributed by atoms with E-state index in [9.17, 15) is 4.79 Å². The van der Waals surface area contributed by atoms with Gasteiger partial charge in [-0.3, -0.25) is 4.79 Å². The minimum Gasteiger partial charge on any atom is -0.492 e. The van der Waals surface area contributed by atoms with E-state index in [1.54, 1.807) is 0 Å². The number of ether oxygens (including phenoxy) is 1. The van der Waals surface area contributed by atoms with Crippen molar-refractivity contribution in [3.8, 4) is 16.9 Å². The molecule has 0 aliphatic heterocycles. The lowest BCUT2D eigenvalue weighted by Gasteiger charge is -2.13. The molecule has 0 saturated heterocycles. The van der Waals surface area contributed by atoms with Crippen LogP contribution in [-0.4, -0.2) is 25.0 Å². The molecule has 0 spiro atoms. The molecule has 2 rings (SSSR count). The van der Waals surface area contributed by atoms with Crippen LogP contribution in [0.2, 0.25) is 0 Å². The van der Waals surface area contributed by atoms with Gasteiger partial charge in [0.05, 0.1) is 0 Å². The maximum absolute atomic E-state index is 12.4. The number of benzene rings is 2. The number of carbonyl (C=O) groups excluding carboxylic acids is 1. The van der Waals surface area contributed by atoms with Crippen molar-refractivity contribution in [2.75, 3.05) is 13.2 Å². The Bertz CT molecular complexity index is 663. The van der Waals surface area contributed by atoms with Crippen LogP contribution in [-0.2, 0) is 0 Å². The van der Waals surface area contributed by atoms with Crippen molar-refractivity contribution >= 4 is 5.78 Å². The Kier molecular flexibility index (Phi) is 6.56. The molecular weight excluding hydrogens is 298 g/mol. The van der Waals surface area contributed by atoms with E-state index in [1.807, 2.05) is 62.4 Å². The van der Waals surface area contributed by atoms with Gasteiger partial charge in [-0.2, -0.15) is 0 Å². The largest absolute Gasteiger partial charge is 0.492 e. The van der Waals surface area contributed by atoms with E-state index in [2.05, 4.69) is 19.2 Å². The molecule has 2 aromatic rings. The Labute approximate surface area is 145 Å². The lowest BCUT2D eigenvalue weighted by atomic mass is 9.96. The zero-order chi connectivity index (χ0) is 17.5. The average Bonchev–Trinajstić information content (AvgIpc) is 2.58. The van der Waals surface area contributed by atoms with Crippen LogP contribution < -0.4 is 10.1 Å². The molecule has 0 atom stereocenters. The molecule has 2 aromatic carbocycles. The fraction of sp³-hybridized carbons (Fsp3) is 0.381. The molecule has 3 nitrogen and oxygen atoms in total. The fourth-order valence-electron chi connectivity index (χ4n) is 2.47. The zero-order valence-corrected chi connectivity index (χ0v) is 15.0. The molecule has 1 N–H and O–H groups in total. The normalized spacial score (nSPS) is 11.1. The van der Waals surface area contributed by atoms with Crippen LogP contribution in [0.25, 0.3) is 11.1 Å². The second kappa shape index (κ2) is 8.65. The number of rotatable bonds is 8. The number of hydrogen-bond donors (Lipinski definition) is 1. The van der Waals surface area contributed by atoms with Crippen LogP contribution in [0.4, 0.5) is 0 Å². The molecule has 0 aliphatic rings. The van der Waals surface area contributed by atoms with Crippen LogP contribution in [0, 0.1) is 5.92 Å². The number of Topliss-reactive ketones (excluding diaryl/α,β-unsaturated/α-hetero) is 1. The first-order valence-corrected chi connectivity index (χ1v) is 8.58. The van der Waals surface area contributed by atoms with Crippen LogP contribution in [0.15, 0.2) is 48.5 Å². The van der Waals surface area contributed by atoms with Crippen molar-refractivity contribution in [3.05, 3.63) is 54.1 Å². The molecule has 0 aromatic heterocycles. The third-order valence-corrected chi connectivity index (χ3v) is 3.75. The first kappa shape index (κ1) is 18.2. The predicted octanol–water partition coefficient (Wildman–Crippen LogP) is 4.57. The lowest BCUT2D eigenvalue weighted by molar-refractivity contribution is 0.0939. The van der Waals surface area contributed by atoms with Crippen LogP contribution >= 0.6 is 0 Å². The first-order valence-electron chi connectivity index (χ1n) is 8.58. The standard InChI is InChI=1S/C21H27NO2/c1-15(2)21(23)19-12-18(17-8-6-5-7-9-17)13-20(14-19)24-11-10-22-16(3)4/h5-9,12-16,22H,10-11H2,1-4H3. The lowest BCUT2D eigenvalue weighted by Crippen LogP contribution is -2.27. The van der Waals surface area contributed by atoms with Crippen LogP contribution in [0.5, 0.6) is 5.75 Å². The molecule has 0 radical (unpaired) electrons. The third-order valence-electron chi connectivity index (χ3n) is 3.75. The molecule has 0 bridgehead atoms. The summed E-state index contributed by atoms with van der Waals surface area (Å²) >= 11 is 0. The topological polar surface area (TPSA) is 38.3 Å². The quantitative estimate of drug-likeness (QED) is 0.571. The van der Waals surface area contributed by atoms with E-state index < -0.39 is 0 Å². The molecule has 128 valence electrons. The Hall–Kier alpha value is -2.13. The summed E-state index contributed by atoms with van der Waals surface area (Å²) in [7, 11) is 0. The Morgan fingerprint density at radius 3 is 2.33 bits per heavy atom. The molecular formula is C21H27NO2. The van der Waals surface area contributed by atoms with Gasteiger partial charge < -0.3 is 10.1 Å². The van der Waals surface area contributed by atoms with Crippen molar-refractivity contribution in [1.82, 2.24) is 5.32 Å². The summed E-state index contributed by atoms with van der Waals surface area (Å²) in [5.74, 6) is 0.843. The van der Waals surface area contributed by atoms with E-state index in [0.717, 1.165) is 23.4 Å². The van der Waals surface area contributed by atoms with Crippen LogP contribution in [0.1, 0.15) is 38.1 Å². The molecule has 0 saturated carbocycles. The van der Waals surface area contributed by atoms with Crippen molar-refractivity contribution in [2.45, 2.75) is 33.7 Å². The van der Waals surface area contributed by atoms with Gasteiger partial charge in [-0.15, -0.1) is 0 Å². The Balaban J connectivity index is 2.25. The second-order valence-electron chi connectivity index (χ2n) is 6.59. The summed E-state index contributed by atoms with van der Waals surface area (Å²) in [5, 5.41) is 3.33.